The number of aromatic nitrogens is 6. The van der Waals surface area contributed by atoms with Gasteiger partial charge in [-0.1, -0.05) is 23.4 Å². The minimum atomic E-state index is -0.461. The number of carbonyl (C=O) groups excluding carboxylic acids is 1. The molecule has 0 spiro atoms. The lowest BCUT2D eigenvalue weighted by Gasteiger charge is -2.16. The summed E-state index contributed by atoms with van der Waals surface area (Å²) in [7, 11) is 0. The molecular formula is C22H25N7O4. The van der Waals surface area contributed by atoms with Crippen LogP contribution in [0.2, 0.25) is 0 Å². The van der Waals surface area contributed by atoms with Crippen LogP contribution in [0.4, 0.5) is 5.69 Å². The van der Waals surface area contributed by atoms with Gasteiger partial charge in [-0.3, -0.25) is 9.20 Å². The largest absolute Gasteiger partial charge is 0.351 e. The predicted molar refractivity (Wildman–Crippen MR) is 120 cm³/mol. The normalized spacial score (nSPS) is 11.4. The van der Waals surface area contributed by atoms with E-state index in [4.69, 9.17) is 9.47 Å². The van der Waals surface area contributed by atoms with Gasteiger partial charge in [-0.15, -0.1) is 10.2 Å². The smallest absolute Gasteiger partial charge is 0.350 e. The van der Waals surface area contributed by atoms with Gasteiger partial charge in [0.1, 0.15) is 0 Å². The summed E-state index contributed by atoms with van der Waals surface area (Å²) >= 11 is 0. The first-order valence-electron chi connectivity index (χ1n) is 10.6. The van der Waals surface area contributed by atoms with Crippen molar-refractivity contribution in [1.82, 2.24) is 29.2 Å². The van der Waals surface area contributed by atoms with Crippen molar-refractivity contribution in [2.45, 2.75) is 33.2 Å². The molecule has 0 atom stereocenters. The molecule has 0 saturated heterocycles. The molecule has 3 aromatic heterocycles. The third kappa shape index (κ3) is 5.33. The average Bonchev–Trinajstić information content (AvgIpc) is 3.39. The number of anilines is 1. The summed E-state index contributed by atoms with van der Waals surface area (Å²) in [6, 6.07) is 12.6. The van der Waals surface area contributed by atoms with Crippen molar-refractivity contribution in [1.29, 1.82) is 0 Å². The number of pyridine rings is 1. The molecule has 1 aromatic carbocycles. The summed E-state index contributed by atoms with van der Waals surface area (Å²) in [5.41, 5.74) is 1.91. The van der Waals surface area contributed by atoms with E-state index in [0.717, 1.165) is 5.56 Å². The number of amides is 1. The summed E-state index contributed by atoms with van der Waals surface area (Å²) < 4.78 is 15.4. The minimum absolute atomic E-state index is 0.170. The van der Waals surface area contributed by atoms with Crippen LogP contribution < -0.4 is 11.0 Å². The van der Waals surface area contributed by atoms with E-state index < -0.39 is 12.2 Å². The molecular weight excluding hydrogens is 426 g/mol. The van der Waals surface area contributed by atoms with Crippen LogP contribution in [-0.4, -0.2) is 54.6 Å². The molecule has 0 unspecified atom stereocenters. The van der Waals surface area contributed by atoms with Crippen molar-refractivity contribution < 1.29 is 14.3 Å². The van der Waals surface area contributed by atoms with Crippen molar-refractivity contribution in [2.75, 3.05) is 18.5 Å². The van der Waals surface area contributed by atoms with Gasteiger partial charge in [-0.2, -0.15) is 0 Å². The van der Waals surface area contributed by atoms with E-state index in [1.807, 2.05) is 26.0 Å². The van der Waals surface area contributed by atoms with Crippen molar-refractivity contribution >= 4 is 17.2 Å². The Morgan fingerprint density at radius 3 is 2.70 bits per heavy atom. The van der Waals surface area contributed by atoms with Crippen molar-refractivity contribution in [3.8, 4) is 0 Å². The zero-order valence-electron chi connectivity index (χ0n) is 18.4. The van der Waals surface area contributed by atoms with Gasteiger partial charge in [0, 0.05) is 25.1 Å². The number of nitrogens with one attached hydrogen (secondary N) is 1. The fraction of sp³-hybridized carbons (Fsp3) is 0.318. The van der Waals surface area contributed by atoms with E-state index in [0.29, 0.717) is 31.1 Å². The van der Waals surface area contributed by atoms with Crippen LogP contribution in [0.3, 0.4) is 0 Å². The molecule has 4 aromatic rings. The first kappa shape index (κ1) is 22.4. The van der Waals surface area contributed by atoms with Crippen LogP contribution in [-0.2, 0) is 22.6 Å². The molecule has 11 heteroatoms. The van der Waals surface area contributed by atoms with Crippen molar-refractivity contribution in [3.63, 3.8) is 0 Å². The van der Waals surface area contributed by atoms with E-state index in [2.05, 4.69) is 20.7 Å². The summed E-state index contributed by atoms with van der Waals surface area (Å²) in [6.07, 6.45) is 2.76. The van der Waals surface area contributed by atoms with Gasteiger partial charge in [0.05, 0.1) is 19.3 Å². The van der Waals surface area contributed by atoms with Gasteiger partial charge in [0.25, 0.3) is 5.91 Å². The summed E-state index contributed by atoms with van der Waals surface area (Å²) in [5.74, 6) is -0.396. The van der Waals surface area contributed by atoms with Gasteiger partial charge in [-0.05, 0) is 43.7 Å². The Bertz CT molecular complexity index is 1290. The molecule has 3 heterocycles. The number of hydrogen-bond acceptors (Lipinski definition) is 7. The summed E-state index contributed by atoms with van der Waals surface area (Å²) in [5, 5.41) is 15.1. The Labute approximate surface area is 189 Å². The van der Waals surface area contributed by atoms with E-state index in [9.17, 15) is 9.59 Å². The average molecular weight is 451 g/mol. The lowest BCUT2D eigenvalue weighted by Crippen LogP contribution is -2.24. The van der Waals surface area contributed by atoms with Gasteiger partial charge >= 0.3 is 5.69 Å². The van der Waals surface area contributed by atoms with Gasteiger partial charge in [0.2, 0.25) is 0 Å². The maximum Gasteiger partial charge on any atom is 0.350 e. The fourth-order valence-corrected chi connectivity index (χ4v) is 3.36. The minimum Gasteiger partial charge on any atom is -0.351 e. The molecule has 0 aliphatic rings. The molecule has 1 N–H and O–H groups in total. The van der Waals surface area contributed by atoms with Crippen LogP contribution in [0.25, 0.3) is 5.65 Å². The zero-order chi connectivity index (χ0) is 23.2. The van der Waals surface area contributed by atoms with Crippen molar-refractivity contribution in [3.05, 3.63) is 76.6 Å². The topological polar surface area (TPSA) is 118 Å². The molecule has 0 radical (unpaired) electrons. The van der Waals surface area contributed by atoms with Crippen LogP contribution in [0.1, 0.15) is 29.9 Å². The number of nitrogens with zero attached hydrogens (tertiary/aromatic N) is 6. The molecule has 4 rings (SSSR count). The molecule has 0 saturated carbocycles. The third-order valence-electron chi connectivity index (χ3n) is 4.82. The van der Waals surface area contributed by atoms with Crippen LogP contribution >= 0.6 is 0 Å². The quantitative estimate of drug-likeness (QED) is 0.365. The molecule has 11 nitrogen and oxygen atoms in total. The number of fused-ring (bicyclic) bond motifs is 1. The third-order valence-corrected chi connectivity index (χ3v) is 4.82. The summed E-state index contributed by atoms with van der Waals surface area (Å²) in [6.45, 7) is 5.37. The van der Waals surface area contributed by atoms with E-state index >= 15 is 0 Å². The Hall–Kier alpha value is -3.83. The highest BCUT2D eigenvalue weighted by atomic mass is 16.7. The lowest BCUT2D eigenvalue weighted by atomic mass is 10.2. The summed E-state index contributed by atoms with van der Waals surface area (Å²) in [4.78, 5) is 25.1. The maximum atomic E-state index is 12.6. The number of carbonyl (C=O) groups is 1. The van der Waals surface area contributed by atoms with E-state index in [-0.39, 0.29) is 17.9 Å². The van der Waals surface area contributed by atoms with Gasteiger partial charge < -0.3 is 14.8 Å². The predicted octanol–water partition coefficient (Wildman–Crippen LogP) is 1.79. The highest BCUT2D eigenvalue weighted by Gasteiger charge is 2.15. The van der Waals surface area contributed by atoms with Crippen molar-refractivity contribution in [2.24, 2.45) is 0 Å². The highest BCUT2D eigenvalue weighted by Crippen LogP contribution is 2.13. The SMILES string of the molecule is CCOC(Cn1cc(C(=O)Nc2cccc(Cn3nc4ccccn4c3=O)c2)nn1)OCC. The molecule has 0 fully saturated rings. The molecule has 0 aliphatic heterocycles. The molecule has 172 valence electrons. The Kier molecular flexibility index (Phi) is 6.91. The lowest BCUT2D eigenvalue weighted by molar-refractivity contribution is -0.145. The number of hydrogen-bond donors (Lipinski definition) is 1. The molecule has 0 aliphatic carbocycles. The second-order valence-electron chi connectivity index (χ2n) is 7.19. The second kappa shape index (κ2) is 10.2. The van der Waals surface area contributed by atoms with Crippen LogP contribution in [0.15, 0.2) is 59.7 Å². The van der Waals surface area contributed by atoms with Gasteiger partial charge in [-0.25, -0.2) is 14.2 Å². The number of ether oxygens (including phenoxy) is 2. The molecule has 33 heavy (non-hydrogen) atoms. The maximum absolute atomic E-state index is 12.6. The number of benzene rings is 1. The van der Waals surface area contributed by atoms with E-state index in [1.54, 1.807) is 42.7 Å². The Morgan fingerprint density at radius 2 is 1.94 bits per heavy atom. The second-order valence-corrected chi connectivity index (χ2v) is 7.19. The van der Waals surface area contributed by atoms with Crippen LogP contribution in [0.5, 0.6) is 0 Å². The molecule has 1 amide bonds. The Morgan fingerprint density at radius 1 is 1.12 bits per heavy atom. The number of rotatable bonds is 10. The zero-order valence-corrected chi connectivity index (χ0v) is 18.4. The van der Waals surface area contributed by atoms with Crippen LogP contribution in [0, 0.1) is 0 Å². The highest BCUT2D eigenvalue weighted by molar-refractivity contribution is 6.02. The first-order chi connectivity index (χ1) is 16.1. The molecule has 0 bridgehead atoms. The fourth-order valence-electron chi connectivity index (χ4n) is 3.36. The van der Waals surface area contributed by atoms with Gasteiger partial charge in [0.15, 0.2) is 17.6 Å². The monoisotopic (exact) mass is 451 g/mol. The standard InChI is InChI=1S/C22H25N7O4/c1-3-32-20(33-4-2)15-27-14-18(24-26-27)21(30)23-17-9-7-8-16(12-17)13-29-22(31)28-11-6-5-10-19(28)25-29/h5-12,14,20H,3-4,13,15H2,1-2H3,(H,23,30). The Balaban J connectivity index is 1.43. The van der Waals surface area contributed by atoms with E-state index in [1.165, 1.54) is 13.8 Å². The first-order valence-corrected chi connectivity index (χ1v) is 10.6.